The molecule has 18 heavy (non-hydrogen) atoms. The first-order valence-electron chi connectivity index (χ1n) is 5.93. The Morgan fingerprint density at radius 1 is 1.39 bits per heavy atom. The molecule has 1 aromatic carbocycles. The Bertz CT molecular complexity index is 355. The van der Waals surface area contributed by atoms with Crippen LogP contribution in [-0.2, 0) is 11.2 Å². The van der Waals surface area contributed by atoms with Crippen LogP contribution >= 0.6 is 12.4 Å². The number of halogens is 1. The van der Waals surface area contributed by atoms with Crippen molar-refractivity contribution in [3.8, 4) is 0 Å². The minimum Gasteiger partial charge on any atom is -0.396 e. The summed E-state index contributed by atoms with van der Waals surface area (Å²) in [5, 5.41) is 11.5. The lowest BCUT2D eigenvalue weighted by molar-refractivity contribution is -0.117. The molecule has 0 aliphatic carbocycles. The fraction of sp³-hybridized carbons (Fsp3) is 0.462. The molecule has 0 bridgehead atoms. The normalized spacial score (nSPS) is 11.5. The van der Waals surface area contributed by atoms with Gasteiger partial charge in [0.25, 0.3) is 0 Å². The third-order valence-corrected chi connectivity index (χ3v) is 2.56. The van der Waals surface area contributed by atoms with Crippen molar-refractivity contribution in [2.24, 2.45) is 5.73 Å². The highest BCUT2D eigenvalue weighted by atomic mass is 35.5. The van der Waals surface area contributed by atoms with Crippen LogP contribution in [0.4, 0.5) is 5.69 Å². The number of carbonyl (C=O) groups excluding carboxylic acids is 1. The summed E-state index contributed by atoms with van der Waals surface area (Å²) in [6.07, 6.45) is 2.21. The van der Waals surface area contributed by atoms with Crippen LogP contribution in [0.15, 0.2) is 24.3 Å². The number of hydrogen-bond donors (Lipinski definition) is 3. The van der Waals surface area contributed by atoms with Gasteiger partial charge in [-0.25, -0.2) is 0 Å². The lowest BCUT2D eigenvalue weighted by Crippen LogP contribution is -2.35. The van der Waals surface area contributed by atoms with E-state index in [1.54, 1.807) is 0 Å². The van der Waals surface area contributed by atoms with Crippen molar-refractivity contribution in [3.05, 3.63) is 29.8 Å². The number of benzene rings is 1. The summed E-state index contributed by atoms with van der Waals surface area (Å²) in [7, 11) is 0. The number of nitrogens with two attached hydrogens (primary N) is 1. The number of nitrogens with one attached hydrogen (secondary N) is 1. The molecule has 0 saturated heterocycles. The molecule has 1 rings (SSSR count). The highest BCUT2D eigenvalue weighted by molar-refractivity contribution is 5.94. The van der Waals surface area contributed by atoms with E-state index in [-0.39, 0.29) is 24.9 Å². The minimum absolute atomic E-state index is 0. The Labute approximate surface area is 114 Å². The second-order valence-electron chi connectivity index (χ2n) is 4.05. The first kappa shape index (κ1) is 16.9. The van der Waals surface area contributed by atoms with Crippen molar-refractivity contribution in [2.75, 3.05) is 11.9 Å². The fourth-order valence-corrected chi connectivity index (χ4v) is 1.56. The minimum atomic E-state index is -0.447. The maximum Gasteiger partial charge on any atom is 0.241 e. The summed E-state index contributed by atoms with van der Waals surface area (Å²) in [6, 6.07) is 6.97. The molecule has 0 aromatic heterocycles. The molecule has 0 spiro atoms. The number of carbonyl (C=O) groups is 1. The molecular formula is C13H21ClN2O2. The molecule has 0 aliphatic heterocycles. The predicted molar refractivity (Wildman–Crippen MR) is 76.0 cm³/mol. The van der Waals surface area contributed by atoms with Crippen LogP contribution in [0, 0.1) is 0 Å². The third kappa shape index (κ3) is 5.49. The molecule has 1 unspecified atom stereocenters. The summed E-state index contributed by atoms with van der Waals surface area (Å²) in [4.78, 5) is 11.6. The van der Waals surface area contributed by atoms with Gasteiger partial charge < -0.3 is 16.2 Å². The molecule has 0 aliphatic rings. The fourth-order valence-electron chi connectivity index (χ4n) is 1.56. The van der Waals surface area contributed by atoms with Crippen LogP contribution in [0.2, 0.25) is 0 Å². The molecule has 1 aromatic rings. The van der Waals surface area contributed by atoms with Crippen molar-refractivity contribution >= 4 is 24.0 Å². The number of rotatable bonds is 6. The number of aliphatic hydroxyl groups excluding tert-OH is 1. The standard InChI is InChI=1S/C13H20N2O2.ClH/c1-2-3-12(14)13(17)15-11-6-4-10(5-7-11)8-9-16;/h4-7,12,16H,2-3,8-9,14H2,1H3,(H,15,17);1H. The Balaban J connectivity index is 0.00000289. The topological polar surface area (TPSA) is 75.4 Å². The van der Waals surface area contributed by atoms with E-state index in [0.717, 1.165) is 17.7 Å². The van der Waals surface area contributed by atoms with Crippen molar-refractivity contribution in [1.82, 2.24) is 0 Å². The largest absolute Gasteiger partial charge is 0.396 e. The van der Waals surface area contributed by atoms with E-state index in [9.17, 15) is 4.79 Å². The zero-order valence-corrected chi connectivity index (χ0v) is 11.4. The maximum atomic E-state index is 11.6. The Morgan fingerprint density at radius 3 is 2.50 bits per heavy atom. The smallest absolute Gasteiger partial charge is 0.241 e. The van der Waals surface area contributed by atoms with Crippen LogP contribution in [-0.4, -0.2) is 23.7 Å². The van der Waals surface area contributed by atoms with Crippen LogP contribution < -0.4 is 11.1 Å². The summed E-state index contributed by atoms with van der Waals surface area (Å²) < 4.78 is 0. The van der Waals surface area contributed by atoms with E-state index >= 15 is 0 Å². The van der Waals surface area contributed by atoms with Crippen LogP contribution in [0.5, 0.6) is 0 Å². The molecule has 0 heterocycles. The quantitative estimate of drug-likeness (QED) is 0.738. The summed E-state index contributed by atoms with van der Waals surface area (Å²) >= 11 is 0. The van der Waals surface area contributed by atoms with Crippen molar-refractivity contribution < 1.29 is 9.90 Å². The summed E-state index contributed by atoms with van der Waals surface area (Å²) in [6.45, 7) is 2.13. The van der Waals surface area contributed by atoms with E-state index in [1.165, 1.54) is 0 Å². The second-order valence-corrected chi connectivity index (χ2v) is 4.05. The highest BCUT2D eigenvalue weighted by Gasteiger charge is 2.11. The monoisotopic (exact) mass is 272 g/mol. The molecule has 4 nitrogen and oxygen atoms in total. The van der Waals surface area contributed by atoms with Crippen molar-refractivity contribution in [3.63, 3.8) is 0 Å². The van der Waals surface area contributed by atoms with E-state index in [1.807, 2.05) is 31.2 Å². The summed E-state index contributed by atoms with van der Waals surface area (Å²) in [5.41, 5.74) is 7.49. The van der Waals surface area contributed by atoms with Gasteiger partial charge in [0.15, 0.2) is 0 Å². The van der Waals surface area contributed by atoms with E-state index in [2.05, 4.69) is 5.32 Å². The number of anilines is 1. The molecule has 0 radical (unpaired) electrons. The van der Waals surface area contributed by atoms with Gasteiger partial charge in [-0.3, -0.25) is 4.79 Å². The van der Waals surface area contributed by atoms with Gasteiger partial charge in [-0.05, 0) is 30.5 Å². The van der Waals surface area contributed by atoms with Crippen LogP contribution in [0.25, 0.3) is 0 Å². The van der Waals surface area contributed by atoms with Gasteiger partial charge >= 0.3 is 0 Å². The average Bonchev–Trinajstić information content (AvgIpc) is 2.32. The molecule has 0 fully saturated rings. The van der Waals surface area contributed by atoms with Gasteiger partial charge in [0.2, 0.25) is 5.91 Å². The number of hydrogen-bond acceptors (Lipinski definition) is 3. The first-order chi connectivity index (χ1) is 8.17. The van der Waals surface area contributed by atoms with Gasteiger partial charge in [-0.1, -0.05) is 25.5 Å². The zero-order chi connectivity index (χ0) is 12.7. The SMILES string of the molecule is CCCC(N)C(=O)Nc1ccc(CCO)cc1.Cl. The third-order valence-electron chi connectivity index (χ3n) is 2.56. The van der Waals surface area contributed by atoms with Crippen molar-refractivity contribution in [2.45, 2.75) is 32.2 Å². The van der Waals surface area contributed by atoms with Gasteiger partial charge in [0.1, 0.15) is 0 Å². The summed E-state index contributed by atoms with van der Waals surface area (Å²) in [5.74, 6) is -0.151. The molecule has 4 N–H and O–H groups in total. The zero-order valence-electron chi connectivity index (χ0n) is 10.6. The van der Waals surface area contributed by atoms with E-state index in [0.29, 0.717) is 12.8 Å². The van der Waals surface area contributed by atoms with Crippen molar-refractivity contribution in [1.29, 1.82) is 0 Å². The van der Waals surface area contributed by atoms with Gasteiger partial charge in [0.05, 0.1) is 6.04 Å². The Kier molecular flexibility index (Phi) is 8.37. The lowest BCUT2D eigenvalue weighted by Gasteiger charge is -2.11. The predicted octanol–water partition coefficient (Wildman–Crippen LogP) is 1.71. The van der Waals surface area contributed by atoms with E-state index in [4.69, 9.17) is 10.8 Å². The molecule has 1 amide bonds. The number of amides is 1. The Hall–Kier alpha value is -1.10. The van der Waals surface area contributed by atoms with Gasteiger partial charge in [-0.15, -0.1) is 12.4 Å². The second kappa shape index (κ2) is 8.91. The molecule has 102 valence electrons. The average molecular weight is 273 g/mol. The van der Waals surface area contributed by atoms with Gasteiger partial charge in [-0.2, -0.15) is 0 Å². The van der Waals surface area contributed by atoms with Crippen LogP contribution in [0.3, 0.4) is 0 Å². The number of aliphatic hydroxyl groups is 1. The first-order valence-corrected chi connectivity index (χ1v) is 5.93. The lowest BCUT2D eigenvalue weighted by atomic mass is 10.1. The highest BCUT2D eigenvalue weighted by Crippen LogP contribution is 2.10. The maximum absolute atomic E-state index is 11.6. The molecular weight excluding hydrogens is 252 g/mol. The molecule has 0 saturated carbocycles. The molecule has 5 heteroatoms. The Morgan fingerprint density at radius 2 is 2.00 bits per heavy atom. The molecule has 1 atom stereocenters. The van der Waals surface area contributed by atoms with Gasteiger partial charge in [0, 0.05) is 12.3 Å². The van der Waals surface area contributed by atoms with Crippen LogP contribution in [0.1, 0.15) is 25.3 Å². The van der Waals surface area contributed by atoms with E-state index < -0.39 is 6.04 Å².